The van der Waals surface area contributed by atoms with Crippen LogP contribution in [0.4, 0.5) is 0 Å². The van der Waals surface area contributed by atoms with E-state index in [1.807, 2.05) is 0 Å². The van der Waals surface area contributed by atoms with Crippen LogP contribution in [-0.2, 0) is 4.79 Å². The Morgan fingerprint density at radius 2 is 2.00 bits per heavy atom. The van der Waals surface area contributed by atoms with Gasteiger partial charge in [0.2, 0.25) is 5.91 Å². The normalized spacial score (nSPS) is 17.8. The third kappa shape index (κ3) is 2.68. The van der Waals surface area contributed by atoms with E-state index in [1.165, 1.54) is 18.9 Å². The van der Waals surface area contributed by atoms with Gasteiger partial charge in [-0.05, 0) is 12.1 Å². The van der Waals surface area contributed by atoms with Crippen molar-refractivity contribution in [2.75, 3.05) is 14.2 Å². The summed E-state index contributed by atoms with van der Waals surface area (Å²) in [4.78, 5) is 24.0. The molecular formula is C13H15NO4S. The zero-order valence-electron chi connectivity index (χ0n) is 10.8. The Hall–Kier alpha value is -1.69. The molecule has 2 N–H and O–H groups in total. The molecule has 1 unspecified atom stereocenters. The highest BCUT2D eigenvalue weighted by molar-refractivity contribution is 8.00. The summed E-state index contributed by atoms with van der Waals surface area (Å²) in [6.45, 7) is 0. The molecule has 2 rings (SSSR count). The van der Waals surface area contributed by atoms with Gasteiger partial charge in [-0.2, -0.15) is 0 Å². The standard InChI is InChI=1S/C13H15NO4S/c1-17-9-3-4-10(18-2)13-12(9)8(15)5-7(19-13)6-11(14)16/h3-4,7H,5-6H2,1-2H3,(H2,14,16). The van der Waals surface area contributed by atoms with Crippen molar-refractivity contribution in [2.24, 2.45) is 5.73 Å². The molecule has 6 heteroatoms. The first-order chi connectivity index (χ1) is 9.06. The van der Waals surface area contributed by atoms with Crippen molar-refractivity contribution in [1.82, 2.24) is 0 Å². The Balaban J connectivity index is 2.44. The number of ether oxygens (including phenoxy) is 2. The molecule has 1 heterocycles. The molecule has 0 fully saturated rings. The monoisotopic (exact) mass is 281 g/mol. The second-order valence-corrected chi connectivity index (χ2v) is 5.52. The van der Waals surface area contributed by atoms with Crippen molar-refractivity contribution in [3.05, 3.63) is 17.7 Å². The van der Waals surface area contributed by atoms with Crippen molar-refractivity contribution in [3.8, 4) is 11.5 Å². The van der Waals surface area contributed by atoms with E-state index < -0.39 is 5.91 Å². The first kappa shape index (κ1) is 13.7. The lowest BCUT2D eigenvalue weighted by molar-refractivity contribution is -0.117. The number of carbonyl (C=O) groups excluding carboxylic acids is 2. The van der Waals surface area contributed by atoms with Crippen LogP contribution in [0.15, 0.2) is 17.0 Å². The average Bonchev–Trinajstić information content (AvgIpc) is 2.36. The molecule has 0 saturated carbocycles. The summed E-state index contributed by atoms with van der Waals surface area (Å²) < 4.78 is 10.5. The smallest absolute Gasteiger partial charge is 0.218 e. The van der Waals surface area contributed by atoms with Crippen LogP contribution >= 0.6 is 11.8 Å². The summed E-state index contributed by atoms with van der Waals surface area (Å²) in [6.07, 6.45) is 0.459. The van der Waals surface area contributed by atoms with Gasteiger partial charge in [-0.1, -0.05) is 0 Å². The molecule has 19 heavy (non-hydrogen) atoms. The van der Waals surface area contributed by atoms with Gasteiger partial charge in [0.05, 0.1) is 24.7 Å². The zero-order chi connectivity index (χ0) is 14.0. The number of benzene rings is 1. The summed E-state index contributed by atoms with van der Waals surface area (Å²) >= 11 is 1.44. The second-order valence-electron chi connectivity index (χ2n) is 4.21. The van der Waals surface area contributed by atoms with E-state index in [9.17, 15) is 9.59 Å². The number of amides is 1. The highest BCUT2D eigenvalue weighted by Crippen LogP contribution is 2.45. The van der Waals surface area contributed by atoms with Crippen LogP contribution in [0.1, 0.15) is 23.2 Å². The number of hydrogen-bond donors (Lipinski definition) is 1. The van der Waals surface area contributed by atoms with Gasteiger partial charge in [0, 0.05) is 18.1 Å². The van der Waals surface area contributed by atoms with Gasteiger partial charge >= 0.3 is 0 Å². The molecule has 5 nitrogen and oxygen atoms in total. The van der Waals surface area contributed by atoms with E-state index in [-0.39, 0.29) is 23.9 Å². The van der Waals surface area contributed by atoms with Crippen LogP contribution in [0.3, 0.4) is 0 Å². The Morgan fingerprint density at radius 1 is 1.37 bits per heavy atom. The van der Waals surface area contributed by atoms with Crippen molar-refractivity contribution in [2.45, 2.75) is 23.0 Å². The molecule has 1 aromatic carbocycles. The van der Waals surface area contributed by atoms with Crippen molar-refractivity contribution in [1.29, 1.82) is 0 Å². The number of Topliss-reactive ketones (excluding diaryl/α,β-unsaturated/α-hetero) is 1. The van der Waals surface area contributed by atoms with Crippen LogP contribution in [0, 0.1) is 0 Å². The fraction of sp³-hybridized carbons (Fsp3) is 0.385. The zero-order valence-corrected chi connectivity index (χ0v) is 11.6. The molecule has 0 saturated heterocycles. The first-order valence-electron chi connectivity index (χ1n) is 5.80. The minimum Gasteiger partial charge on any atom is -0.496 e. The minimum atomic E-state index is -0.407. The lowest BCUT2D eigenvalue weighted by atomic mass is 10.0. The number of carbonyl (C=O) groups is 2. The van der Waals surface area contributed by atoms with Gasteiger partial charge in [0.15, 0.2) is 5.78 Å². The number of methoxy groups -OCH3 is 2. The highest BCUT2D eigenvalue weighted by atomic mass is 32.2. The molecule has 1 amide bonds. The quantitative estimate of drug-likeness (QED) is 0.907. The maximum absolute atomic E-state index is 12.2. The summed E-state index contributed by atoms with van der Waals surface area (Å²) in [6, 6.07) is 3.47. The van der Waals surface area contributed by atoms with E-state index in [0.717, 1.165) is 4.90 Å². The number of rotatable bonds is 4. The number of nitrogens with two attached hydrogens (primary N) is 1. The lowest BCUT2D eigenvalue weighted by Crippen LogP contribution is -2.24. The Bertz CT molecular complexity index is 530. The Morgan fingerprint density at radius 3 is 2.58 bits per heavy atom. The molecular weight excluding hydrogens is 266 g/mol. The Labute approximate surface area is 115 Å². The van der Waals surface area contributed by atoms with E-state index in [0.29, 0.717) is 17.1 Å². The molecule has 0 aromatic heterocycles. The summed E-state index contributed by atoms with van der Waals surface area (Å²) in [5, 5.41) is -0.140. The van der Waals surface area contributed by atoms with E-state index in [2.05, 4.69) is 0 Å². The second kappa shape index (κ2) is 5.52. The van der Waals surface area contributed by atoms with Gasteiger partial charge in [-0.25, -0.2) is 0 Å². The van der Waals surface area contributed by atoms with Gasteiger partial charge < -0.3 is 15.2 Å². The van der Waals surface area contributed by atoms with Crippen LogP contribution in [0.5, 0.6) is 11.5 Å². The van der Waals surface area contributed by atoms with E-state index in [1.54, 1.807) is 19.2 Å². The fourth-order valence-corrected chi connectivity index (χ4v) is 3.53. The lowest BCUT2D eigenvalue weighted by Gasteiger charge is -2.25. The highest BCUT2D eigenvalue weighted by Gasteiger charge is 2.32. The van der Waals surface area contributed by atoms with Gasteiger partial charge in [0.1, 0.15) is 11.5 Å². The van der Waals surface area contributed by atoms with Crippen molar-refractivity contribution < 1.29 is 19.1 Å². The molecule has 0 radical (unpaired) electrons. The number of hydrogen-bond acceptors (Lipinski definition) is 5. The molecule has 0 bridgehead atoms. The van der Waals surface area contributed by atoms with E-state index in [4.69, 9.17) is 15.2 Å². The predicted molar refractivity (Wildman–Crippen MR) is 71.9 cm³/mol. The van der Waals surface area contributed by atoms with Crippen LogP contribution in [0.25, 0.3) is 0 Å². The van der Waals surface area contributed by atoms with Gasteiger partial charge in [-0.15, -0.1) is 11.8 Å². The van der Waals surface area contributed by atoms with Crippen LogP contribution in [0.2, 0.25) is 0 Å². The number of fused-ring (bicyclic) bond motifs is 1. The molecule has 1 aliphatic heterocycles. The van der Waals surface area contributed by atoms with Crippen LogP contribution < -0.4 is 15.2 Å². The number of thioether (sulfide) groups is 1. The van der Waals surface area contributed by atoms with Crippen molar-refractivity contribution >= 4 is 23.5 Å². The molecule has 0 spiro atoms. The average molecular weight is 281 g/mol. The molecule has 1 aromatic rings. The van der Waals surface area contributed by atoms with Gasteiger partial charge in [0.25, 0.3) is 0 Å². The fourth-order valence-electron chi connectivity index (χ4n) is 2.11. The molecule has 0 aliphatic carbocycles. The SMILES string of the molecule is COc1ccc(OC)c2c1SC(CC(N)=O)CC2=O. The third-order valence-corrected chi connectivity index (χ3v) is 4.24. The maximum Gasteiger partial charge on any atom is 0.218 e. The first-order valence-corrected chi connectivity index (χ1v) is 6.68. The maximum atomic E-state index is 12.2. The van der Waals surface area contributed by atoms with Gasteiger partial charge in [-0.3, -0.25) is 9.59 Å². The number of ketones is 1. The predicted octanol–water partition coefficient (Wildman–Crippen LogP) is 1.63. The summed E-state index contributed by atoms with van der Waals surface area (Å²) in [5.74, 6) is 0.695. The van der Waals surface area contributed by atoms with Crippen molar-refractivity contribution in [3.63, 3.8) is 0 Å². The summed E-state index contributed by atoms with van der Waals surface area (Å²) in [7, 11) is 3.07. The molecule has 1 aliphatic rings. The Kier molecular flexibility index (Phi) is 3.99. The third-order valence-electron chi connectivity index (χ3n) is 2.93. The molecule has 1 atom stereocenters. The summed E-state index contributed by atoms with van der Waals surface area (Å²) in [5.41, 5.74) is 5.73. The van der Waals surface area contributed by atoms with E-state index >= 15 is 0 Å². The largest absolute Gasteiger partial charge is 0.496 e. The number of primary amides is 1. The topological polar surface area (TPSA) is 78.6 Å². The molecule has 102 valence electrons. The van der Waals surface area contributed by atoms with Crippen LogP contribution in [-0.4, -0.2) is 31.2 Å². The minimum absolute atomic E-state index is 0.0456.